The molecule has 0 aliphatic rings. The molecule has 1 atom stereocenters. The summed E-state index contributed by atoms with van der Waals surface area (Å²) in [7, 11) is 0. The van der Waals surface area contributed by atoms with E-state index >= 15 is 0 Å². The van der Waals surface area contributed by atoms with E-state index in [4.69, 9.17) is 20.7 Å². The van der Waals surface area contributed by atoms with Crippen molar-refractivity contribution in [3.05, 3.63) is 0 Å². The van der Waals surface area contributed by atoms with Gasteiger partial charge in [-0.05, 0) is 6.92 Å². The van der Waals surface area contributed by atoms with E-state index in [1.54, 1.807) is 6.92 Å². The second kappa shape index (κ2) is 9.15. The first-order valence-electron chi connectivity index (χ1n) is 3.10. The zero-order chi connectivity index (χ0) is 9.28. The lowest BCUT2D eigenvalue weighted by Crippen LogP contribution is -2.30. The van der Waals surface area contributed by atoms with Crippen molar-refractivity contribution in [1.82, 2.24) is 5.32 Å². The fourth-order valence-corrected chi connectivity index (χ4v) is 0.292. The molecule has 0 aliphatic carbocycles. The zero-order valence-electron chi connectivity index (χ0n) is 6.45. The highest BCUT2D eigenvalue weighted by molar-refractivity contribution is 5.61. The van der Waals surface area contributed by atoms with Crippen molar-refractivity contribution >= 4 is 6.09 Å². The van der Waals surface area contributed by atoms with Crippen molar-refractivity contribution in [1.29, 1.82) is 0 Å². The number of nitrogens with two attached hydrogens (primary N) is 2. The Labute approximate surface area is 65.2 Å². The average Bonchev–Trinajstić information content (AvgIpc) is 1.82. The molecule has 0 radical (unpaired) electrons. The number of carboxylic acid groups (broad SMARTS) is 1. The van der Waals surface area contributed by atoms with Gasteiger partial charge in [-0.15, -0.1) is 0 Å². The Morgan fingerprint density at radius 2 is 2.09 bits per heavy atom. The van der Waals surface area contributed by atoms with E-state index in [0.717, 1.165) is 0 Å². The van der Waals surface area contributed by atoms with Gasteiger partial charge in [-0.2, -0.15) is 0 Å². The van der Waals surface area contributed by atoms with Gasteiger partial charge in [0.25, 0.3) is 0 Å². The molecule has 6 heteroatoms. The average molecular weight is 165 g/mol. The Balaban J connectivity index is 0. The lowest BCUT2D eigenvalue weighted by molar-refractivity contribution is 0.158. The summed E-state index contributed by atoms with van der Waals surface area (Å²) in [5.74, 6) is 0. The number of hydrogen-bond acceptors (Lipinski definition) is 4. The van der Waals surface area contributed by atoms with E-state index < -0.39 is 12.3 Å². The molecule has 7 N–H and O–H groups in total. The van der Waals surface area contributed by atoms with Gasteiger partial charge in [-0.25, -0.2) is 4.79 Å². The maximum atomic E-state index is 8.78. The zero-order valence-corrected chi connectivity index (χ0v) is 6.45. The van der Waals surface area contributed by atoms with Gasteiger partial charge in [0.15, 0.2) is 0 Å². The number of nitrogens with one attached hydrogen (secondary N) is 1. The van der Waals surface area contributed by atoms with Crippen LogP contribution in [0.4, 0.5) is 4.79 Å². The molecule has 0 aromatic carbocycles. The van der Waals surface area contributed by atoms with Crippen LogP contribution in [0.15, 0.2) is 0 Å². The van der Waals surface area contributed by atoms with Crippen LogP contribution in [-0.4, -0.2) is 35.6 Å². The summed E-state index contributed by atoms with van der Waals surface area (Å²) >= 11 is 0. The molecule has 0 saturated heterocycles. The normalized spacial score (nSPS) is 11.2. The van der Waals surface area contributed by atoms with E-state index in [2.05, 4.69) is 11.1 Å². The minimum atomic E-state index is -1.33. The van der Waals surface area contributed by atoms with Gasteiger partial charge in [-0.3, -0.25) is 5.32 Å². The SMILES string of the molecule is CC(O)NCCN.NC(=O)O. The molecule has 0 aliphatic heterocycles. The number of rotatable bonds is 3. The van der Waals surface area contributed by atoms with Gasteiger partial charge < -0.3 is 21.7 Å². The number of hydrogen-bond donors (Lipinski definition) is 5. The quantitative estimate of drug-likeness (QED) is 0.326. The number of carbonyl (C=O) groups is 1. The number of amides is 1. The predicted molar refractivity (Wildman–Crippen MR) is 41.0 cm³/mol. The topological polar surface area (TPSA) is 122 Å². The summed E-state index contributed by atoms with van der Waals surface area (Å²) in [6.07, 6.45) is -1.76. The van der Waals surface area contributed by atoms with Crippen LogP contribution < -0.4 is 16.8 Å². The minimum absolute atomic E-state index is 0.427. The van der Waals surface area contributed by atoms with Crippen molar-refractivity contribution in [2.45, 2.75) is 13.2 Å². The van der Waals surface area contributed by atoms with Gasteiger partial charge in [-0.1, -0.05) is 0 Å². The van der Waals surface area contributed by atoms with Crippen LogP contribution >= 0.6 is 0 Å². The van der Waals surface area contributed by atoms with Crippen molar-refractivity contribution in [2.75, 3.05) is 13.1 Å². The molecule has 1 amide bonds. The van der Waals surface area contributed by atoms with Gasteiger partial charge in [0, 0.05) is 13.1 Å². The predicted octanol–water partition coefficient (Wildman–Crippen LogP) is -1.50. The fraction of sp³-hybridized carbons (Fsp3) is 0.800. The molecule has 0 rings (SSSR count). The highest BCUT2D eigenvalue weighted by Gasteiger charge is 1.87. The monoisotopic (exact) mass is 165 g/mol. The Morgan fingerprint density at radius 3 is 2.18 bits per heavy atom. The summed E-state index contributed by atoms with van der Waals surface area (Å²) in [5, 5.41) is 18.4. The summed E-state index contributed by atoms with van der Waals surface area (Å²) in [5.41, 5.74) is 9.13. The molecule has 0 spiro atoms. The van der Waals surface area contributed by atoms with E-state index in [9.17, 15) is 0 Å². The molecule has 0 fully saturated rings. The second-order valence-electron chi connectivity index (χ2n) is 1.76. The molecule has 0 bridgehead atoms. The molecule has 0 heterocycles. The molecule has 1 unspecified atom stereocenters. The van der Waals surface area contributed by atoms with E-state index in [-0.39, 0.29) is 0 Å². The highest BCUT2D eigenvalue weighted by Crippen LogP contribution is 1.65. The van der Waals surface area contributed by atoms with E-state index in [1.165, 1.54) is 0 Å². The third-order valence-corrected chi connectivity index (χ3v) is 0.584. The van der Waals surface area contributed by atoms with Crippen LogP contribution in [0, 0.1) is 0 Å². The Morgan fingerprint density at radius 1 is 1.73 bits per heavy atom. The smallest absolute Gasteiger partial charge is 0.402 e. The summed E-state index contributed by atoms with van der Waals surface area (Å²) < 4.78 is 0. The molecule has 0 aromatic heterocycles. The molecular formula is C5H15N3O3. The number of aliphatic hydroxyl groups excluding tert-OH is 1. The summed E-state index contributed by atoms with van der Waals surface area (Å²) in [6, 6.07) is 0. The van der Waals surface area contributed by atoms with Gasteiger partial charge in [0.05, 0.1) is 0 Å². The lowest BCUT2D eigenvalue weighted by Gasteiger charge is -2.02. The van der Waals surface area contributed by atoms with Crippen LogP contribution in [0.3, 0.4) is 0 Å². The fourth-order valence-electron chi connectivity index (χ4n) is 0.292. The van der Waals surface area contributed by atoms with Crippen LogP contribution in [0.2, 0.25) is 0 Å². The van der Waals surface area contributed by atoms with Crippen molar-refractivity contribution in [3.8, 4) is 0 Å². The van der Waals surface area contributed by atoms with Crippen LogP contribution in [0.1, 0.15) is 6.92 Å². The Kier molecular flexibility index (Phi) is 10.6. The van der Waals surface area contributed by atoms with Crippen molar-refractivity contribution in [2.24, 2.45) is 11.5 Å². The van der Waals surface area contributed by atoms with Gasteiger partial charge in [0.1, 0.15) is 6.23 Å². The third-order valence-electron chi connectivity index (χ3n) is 0.584. The maximum absolute atomic E-state index is 8.78. The summed E-state index contributed by atoms with van der Waals surface area (Å²) in [6.45, 7) is 2.91. The molecule has 6 nitrogen and oxygen atoms in total. The van der Waals surface area contributed by atoms with Gasteiger partial charge >= 0.3 is 6.09 Å². The van der Waals surface area contributed by atoms with Crippen LogP contribution in [0.25, 0.3) is 0 Å². The first-order chi connectivity index (χ1) is 5.00. The van der Waals surface area contributed by atoms with Crippen LogP contribution in [0.5, 0.6) is 0 Å². The molecule has 68 valence electrons. The largest absolute Gasteiger partial charge is 0.465 e. The highest BCUT2D eigenvalue weighted by atomic mass is 16.4. The molecule has 0 aromatic rings. The minimum Gasteiger partial charge on any atom is -0.465 e. The van der Waals surface area contributed by atoms with Crippen LogP contribution in [-0.2, 0) is 0 Å². The number of aliphatic hydroxyl groups is 1. The van der Waals surface area contributed by atoms with Gasteiger partial charge in [0.2, 0.25) is 0 Å². The lowest BCUT2D eigenvalue weighted by atomic mass is 10.6. The standard InChI is InChI=1S/C4H12N2O.CH3NO2/c1-4(7)6-3-2-5;2-1(3)4/h4,6-7H,2-3,5H2,1H3;2H2,(H,3,4). The second-order valence-corrected chi connectivity index (χ2v) is 1.76. The first-order valence-corrected chi connectivity index (χ1v) is 3.10. The molecular weight excluding hydrogens is 150 g/mol. The third kappa shape index (κ3) is 47.1. The Hall–Kier alpha value is -0.850. The molecule has 0 saturated carbocycles. The van der Waals surface area contributed by atoms with Crippen molar-refractivity contribution < 1.29 is 15.0 Å². The van der Waals surface area contributed by atoms with E-state index in [1.807, 2.05) is 0 Å². The molecule has 11 heavy (non-hydrogen) atoms. The number of primary amides is 1. The first kappa shape index (κ1) is 12.8. The Bertz CT molecular complexity index is 93.0. The summed E-state index contributed by atoms with van der Waals surface area (Å²) in [4.78, 5) is 8.78. The van der Waals surface area contributed by atoms with Crippen molar-refractivity contribution in [3.63, 3.8) is 0 Å². The maximum Gasteiger partial charge on any atom is 0.402 e. The van der Waals surface area contributed by atoms with E-state index in [0.29, 0.717) is 13.1 Å².